The zero-order valence-electron chi connectivity index (χ0n) is 27.8. The van der Waals surface area contributed by atoms with E-state index in [-0.39, 0.29) is 36.5 Å². The van der Waals surface area contributed by atoms with Gasteiger partial charge in [0, 0.05) is 62.9 Å². The predicted molar refractivity (Wildman–Crippen MR) is 178 cm³/mol. The smallest absolute Gasteiger partial charge is 0.306 e. The molecule has 1 fully saturated rings. The molecule has 1 aliphatic rings. The fourth-order valence-corrected chi connectivity index (χ4v) is 5.38. The topological polar surface area (TPSA) is 141 Å². The number of halogens is 2. The zero-order valence-corrected chi connectivity index (χ0v) is 27.5. The molecule has 1 aromatic heterocycles. The molecule has 0 radical (unpaired) electrons. The van der Waals surface area contributed by atoms with Gasteiger partial charge in [-0.15, -0.1) is 0 Å². The van der Waals surface area contributed by atoms with Crippen LogP contribution >= 0.6 is 11.6 Å². The third kappa shape index (κ3) is 11.5. The highest BCUT2D eigenvalue weighted by molar-refractivity contribution is 6.31. The molecule has 2 heterocycles. The molecule has 0 saturated carbocycles. The van der Waals surface area contributed by atoms with Gasteiger partial charge in [-0.25, -0.2) is 14.4 Å². The summed E-state index contributed by atoms with van der Waals surface area (Å²) in [6.45, 7) is 5.18. The number of carbonyl (C=O) groups is 2. The van der Waals surface area contributed by atoms with E-state index in [0.29, 0.717) is 66.8 Å². The second-order valence-corrected chi connectivity index (χ2v) is 11.5. The Hall–Kier alpha value is -3.78. The molecule has 3 aromatic rings. The van der Waals surface area contributed by atoms with Crippen LogP contribution in [0.15, 0.2) is 36.7 Å². The number of piperazine rings is 1. The molecule has 3 N–H and O–H groups in total. The Kier molecular flexibility index (Phi) is 14.1. The lowest BCUT2D eigenvalue weighted by Gasteiger charge is -2.34. The highest BCUT2D eigenvalue weighted by Crippen LogP contribution is 2.35. The van der Waals surface area contributed by atoms with Gasteiger partial charge in [0.15, 0.2) is 11.5 Å². The number of nitrogens with two attached hydrogens (primary N) is 1. The summed E-state index contributed by atoms with van der Waals surface area (Å²) in [6, 6.07) is 7.96. The number of nitrogens with zero attached hydrogens (tertiary/aromatic N) is 4. The van der Waals surface area contributed by atoms with Gasteiger partial charge in [0.05, 0.1) is 44.0 Å². The molecule has 47 heavy (non-hydrogen) atoms. The molecule has 1 aliphatic heterocycles. The first-order valence-electron chi connectivity index (χ1n) is 16.4. The van der Waals surface area contributed by atoms with Crippen LogP contribution in [-0.4, -0.2) is 98.0 Å². The van der Waals surface area contributed by atoms with Crippen molar-refractivity contribution in [2.24, 2.45) is 5.73 Å². The number of hydrogen-bond acceptors (Lipinski definition) is 11. The van der Waals surface area contributed by atoms with Crippen molar-refractivity contribution in [3.8, 4) is 11.5 Å². The number of methoxy groups -OCH3 is 1. The highest BCUT2D eigenvalue weighted by Gasteiger charge is 2.22. The van der Waals surface area contributed by atoms with Crippen molar-refractivity contribution in [2.45, 2.75) is 44.9 Å². The van der Waals surface area contributed by atoms with Gasteiger partial charge in [-0.05, 0) is 49.9 Å². The second kappa shape index (κ2) is 19.1. The average Bonchev–Trinajstić information content (AvgIpc) is 3.10. The summed E-state index contributed by atoms with van der Waals surface area (Å²) in [4.78, 5) is 37.5. The normalized spacial score (nSPS) is 13.8. The second-order valence-electron chi connectivity index (χ2n) is 11.1. The SMILES string of the molecule is [2H]NCOCCCCCCOC(=O)CCC(=O)N1CCN(CCCOc2cc3c(Nc4ccc(F)c(Cl)c4)ncnc3cc2OC)CC1. The summed E-state index contributed by atoms with van der Waals surface area (Å²) >= 11 is 5.94. The summed E-state index contributed by atoms with van der Waals surface area (Å²) in [7, 11) is 1.57. The Balaban J connectivity index is 1.14. The van der Waals surface area contributed by atoms with E-state index >= 15 is 0 Å². The Morgan fingerprint density at radius 2 is 1.81 bits per heavy atom. The van der Waals surface area contributed by atoms with Crippen LogP contribution in [0.25, 0.3) is 10.9 Å². The van der Waals surface area contributed by atoms with E-state index in [4.69, 9.17) is 32.0 Å². The van der Waals surface area contributed by atoms with Crippen molar-refractivity contribution in [2.75, 3.05) is 71.7 Å². The molecule has 12 nitrogen and oxygen atoms in total. The van der Waals surface area contributed by atoms with Gasteiger partial charge in [-0.3, -0.25) is 14.5 Å². The van der Waals surface area contributed by atoms with Gasteiger partial charge in [-0.1, -0.05) is 18.0 Å². The maximum absolute atomic E-state index is 13.6. The number of hydrogen-bond donors (Lipinski definition) is 2. The lowest BCUT2D eigenvalue weighted by Crippen LogP contribution is -2.49. The first kappa shape index (κ1) is 34.6. The molecular weight excluding hydrogens is 631 g/mol. The molecule has 14 heteroatoms. The van der Waals surface area contributed by atoms with Gasteiger partial charge < -0.3 is 34.9 Å². The Bertz CT molecular complexity index is 1480. The van der Waals surface area contributed by atoms with Crippen LogP contribution in [0.2, 0.25) is 6.43 Å². The maximum Gasteiger partial charge on any atom is 0.306 e. The Morgan fingerprint density at radius 1 is 1.00 bits per heavy atom. The number of carbonyl (C=O) groups excluding carboxylic acids is 2. The standard InChI is InChI=1S/C33H44ClFN6O6/c1-44-29-21-28-25(33(38-23-37-28)39-24-7-8-27(35)26(34)19-24)20-30(29)46-18-6-11-40-12-14-41(15-13-40)31(42)9-10-32(43)47-17-5-3-2-4-16-45-22-36/h7-8,19-21,23H,2-6,9-18,22,36H2,1H3,(H,37,38,39)/i/hD. The van der Waals surface area contributed by atoms with Crippen molar-refractivity contribution in [3.05, 3.63) is 47.5 Å². The summed E-state index contributed by atoms with van der Waals surface area (Å²) in [6.07, 6.45) is 6.03. The van der Waals surface area contributed by atoms with Crippen LogP contribution in [0.4, 0.5) is 15.9 Å². The minimum absolute atomic E-state index is 0.00569. The van der Waals surface area contributed by atoms with E-state index in [2.05, 4.69) is 25.9 Å². The number of nitrogens with one attached hydrogen (secondary N) is 1. The Labute approximate surface area is 281 Å². The van der Waals surface area contributed by atoms with Crippen LogP contribution in [-0.2, 0) is 19.1 Å². The summed E-state index contributed by atoms with van der Waals surface area (Å²) in [5.41, 5.74) is 3.42. The first-order valence-corrected chi connectivity index (χ1v) is 16.3. The van der Waals surface area contributed by atoms with Crippen LogP contribution in [0.1, 0.15) is 44.9 Å². The maximum atomic E-state index is 13.6. The molecule has 0 spiro atoms. The van der Waals surface area contributed by atoms with Gasteiger partial charge in [0.25, 0.3) is 0 Å². The van der Waals surface area contributed by atoms with E-state index in [1.165, 1.54) is 18.5 Å². The van der Waals surface area contributed by atoms with Crippen LogP contribution < -0.4 is 20.5 Å². The number of esters is 1. The molecule has 2 aromatic carbocycles. The predicted octanol–water partition coefficient (Wildman–Crippen LogP) is 4.90. The van der Waals surface area contributed by atoms with Gasteiger partial charge >= 0.3 is 5.97 Å². The first-order chi connectivity index (χ1) is 23.4. The number of rotatable bonds is 20. The zero-order chi connectivity index (χ0) is 34.1. The number of amides is 1. The third-order valence-corrected chi connectivity index (χ3v) is 8.09. The number of unbranched alkanes of at least 4 members (excludes halogenated alkanes) is 3. The van der Waals surface area contributed by atoms with Gasteiger partial charge in [0.2, 0.25) is 5.91 Å². The Morgan fingerprint density at radius 3 is 2.57 bits per heavy atom. The largest absolute Gasteiger partial charge is 0.493 e. The minimum Gasteiger partial charge on any atom is -0.493 e. The number of aromatic nitrogens is 2. The fraction of sp³-hybridized carbons (Fsp3) is 0.515. The molecule has 0 bridgehead atoms. The molecule has 256 valence electrons. The lowest BCUT2D eigenvalue weighted by molar-refractivity contribution is -0.146. The van der Waals surface area contributed by atoms with Crippen LogP contribution in [0, 0.1) is 5.82 Å². The summed E-state index contributed by atoms with van der Waals surface area (Å²) < 4.78 is 42.5. The van der Waals surface area contributed by atoms with Crippen molar-refractivity contribution < 1.29 is 34.3 Å². The highest BCUT2D eigenvalue weighted by atomic mass is 35.5. The minimum atomic E-state index is -0.503. The number of anilines is 2. The average molecular weight is 676 g/mol. The molecule has 1 saturated heterocycles. The third-order valence-electron chi connectivity index (χ3n) is 7.80. The van der Waals surface area contributed by atoms with E-state index in [9.17, 15) is 14.0 Å². The molecular formula is C33H44ClFN6O6. The monoisotopic (exact) mass is 675 g/mol. The molecule has 0 aliphatic carbocycles. The molecule has 0 atom stereocenters. The van der Waals surface area contributed by atoms with Crippen LogP contribution in [0.5, 0.6) is 11.5 Å². The summed E-state index contributed by atoms with van der Waals surface area (Å²) in [5, 5.41) is 3.88. The van der Waals surface area contributed by atoms with Gasteiger partial charge in [-0.2, -0.15) is 0 Å². The van der Waals surface area contributed by atoms with E-state index < -0.39 is 5.82 Å². The molecule has 1 amide bonds. The van der Waals surface area contributed by atoms with Crippen molar-refractivity contribution in [1.82, 2.24) is 19.8 Å². The quantitative estimate of drug-likeness (QED) is 0.0959. The van der Waals surface area contributed by atoms with Crippen molar-refractivity contribution in [3.63, 3.8) is 0 Å². The van der Waals surface area contributed by atoms with Crippen molar-refractivity contribution >= 4 is 45.9 Å². The van der Waals surface area contributed by atoms with E-state index in [1.54, 1.807) is 19.2 Å². The van der Waals surface area contributed by atoms with Crippen LogP contribution in [0.3, 0.4) is 0 Å². The fourth-order valence-electron chi connectivity index (χ4n) is 5.19. The van der Waals surface area contributed by atoms with Crippen molar-refractivity contribution in [1.29, 1.82) is 0 Å². The lowest BCUT2D eigenvalue weighted by atomic mass is 10.2. The number of benzene rings is 2. The summed E-state index contributed by atoms with van der Waals surface area (Å²) in [5.74, 6) is 0.743. The van der Waals surface area contributed by atoms with E-state index in [0.717, 1.165) is 51.7 Å². The van der Waals surface area contributed by atoms with E-state index in [1.807, 2.05) is 11.0 Å². The number of ether oxygens (including phenoxy) is 4. The van der Waals surface area contributed by atoms with Gasteiger partial charge in [0.1, 0.15) is 19.4 Å². The number of fused-ring (bicyclic) bond motifs is 1. The molecule has 0 unspecified atom stereocenters. The molecule has 4 rings (SSSR count).